The van der Waals surface area contributed by atoms with E-state index >= 15 is 0 Å². The molecule has 1 aliphatic heterocycles. The molecule has 2 rings (SSSR count). The summed E-state index contributed by atoms with van der Waals surface area (Å²) in [7, 11) is 0. The number of hydrogen-bond acceptors (Lipinski definition) is 4. The molecule has 1 saturated carbocycles. The maximum atomic E-state index is 12.1. The van der Waals surface area contributed by atoms with Gasteiger partial charge >= 0.3 is 0 Å². The van der Waals surface area contributed by atoms with Gasteiger partial charge in [0.15, 0.2) is 0 Å². The number of amides is 1. The summed E-state index contributed by atoms with van der Waals surface area (Å²) in [6.07, 6.45) is 5.17. The fraction of sp³-hybridized carbons (Fsp3) is 0.500. The molecule has 2 aliphatic rings. The van der Waals surface area contributed by atoms with Crippen molar-refractivity contribution in [3.8, 4) is 12.1 Å². The average molecular weight is 273 g/mol. The van der Waals surface area contributed by atoms with Gasteiger partial charge in [0.05, 0.1) is 22.7 Å². The van der Waals surface area contributed by atoms with Crippen LogP contribution in [0.4, 0.5) is 0 Å². The van der Waals surface area contributed by atoms with Gasteiger partial charge in [-0.3, -0.25) is 4.79 Å². The Kier molecular flexibility index (Phi) is 3.97. The van der Waals surface area contributed by atoms with Crippen molar-refractivity contribution >= 4 is 17.7 Å². The molecule has 1 fully saturated rings. The SMILES string of the molecule is C=CCSC1=C(C#N)C2(CCCC2)[C@@H](C#N)C(=O)N1. The van der Waals surface area contributed by atoms with Crippen LogP contribution >= 0.6 is 11.8 Å². The number of carbonyl (C=O) groups excluding carboxylic acids is 1. The monoisotopic (exact) mass is 273 g/mol. The van der Waals surface area contributed by atoms with E-state index in [1.165, 1.54) is 11.8 Å². The molecule has 1 heterocycles. The van der Waals surface area contributed by atoms with E-state index in [1.54, 1.807) is 6.08 Å². The minimum atomic E-state index is -0.738. The summed E-state index contributed by atoms with van der Waals surface area (Å²) in [6, 6.07) is 4.34. The van der Waals surface area contributed by atoms with E-state index in [-0.39, 0.29) is 5.91 Å². The van der Waals surface area contributed by atoms with Crippen LogP contribution in [0.5, 0.6) is 0 Å². The first-order valence-corrected chi connectivity index (χ1v) is 7.27. The summed E-state index contributed by atoms with van der Waals surface area (Å²) >= 11 is 1.40. The summed E-state index contributed by atoms with van der Waals surface area (Å²) in [6.45, 7) is 3.64. The molecule has 1 spiro atoms. The normalized spacial score (nSPS) is 24.7. The first-order chi connectivity index (χ1) is 9.19. The highest BCUT2D eigenvalue weighted by Crippen LogP contribution is 2.53. The standard InChI is InChI=1S/C14H15N3OS/c1-2-7-19-13-11(9-16)14(5-3-4-6-14)10(8-15)12(18)17-13/h2,10H,1,3-7H2,(H,17,18)/t10-/m0/s1. The van der Waals surface area contributed by atoms with Gasteiger partial charge in [-0.15, -0.1) is 18.3 Å². The van der Waals surface area contributed by atoms with Crippen molar-refractivity contribution in [1.82, 2.24) is 5.32 Å². The third-order valence-corrected chi connectivity index (χ3v) is 4.86. The zero-order valence-corrected chi connectivity index (χ0v) is 11.4. The lowest BCUT2D eigenvalue weighted by Crippen LogP contribution is -2.46. The van der Waals surface area contributed by atoms with E-state index in [4.69, 9.17) is 0 Å². The second-order valence-electron chi connectivity index (χ2n) is 4.83. The number of nitrogens with one attached hydrogen (secondary N) is 1. The van der Waals surface area contributed by atoms with Gasteiger partial charge in [0.2, 0.25) is 5.91 Å². The number of nitriles is 2. The van der Waals surface area contributed by atoms with Gasteiger partial charge < -0.3 is 5.32 Å². The molecule has 1 amide bonds. The number of nitrogens with zero attached hydrogens (tertiary/aromatic N) is 2. The van der Waals surface area contributed by atoms with Crippen LogP contribution in [-0.2, 0) is 4.79 Å². The van der Waals surface area contributed by atoms with E-state index in [0.717, 1.165) is 25.7 Å². The molecule has 0 bridgehead atoms. The van der Waals surface area contributed by atoms with Gasteiger partial charge in [-0.25, -0.2) is 0 Å². The zero-order chi connectivity index (χ0) is 13.9. The molecule has 1 N–H and O–H groups in total. The van der Waals surface area contributed by atoms with E-state index in [1.807, 2.05) is 0 Å². The smallest absolute Gasteiger partial charge is 0.243 e. The van der Waals surface area contributed by atoms with Gasteiger partial charge in [-0.05, 0) is 12.8 Å². The van der Waals surface area contributed by atoms with Gasteiger partial charge in [0.1, 0.15) is 5.92 Å². The van der Waals surface area contributed by atoms with Crippen LogP contribution in [0.3, 0.4) is 0 Å². The van der Waals surface area contributed by atoms with E-state index < -0.39 is 11.3 Å². The number of thioether (sulfide) groups is 1. The Morgan fingerprint density at radius 1 is 1.47 bits per heavy atom. The van der Waals surface area contributed by atoms with Crippen LogP contribution in [0.1, 0.15) is 25.7 Å². The molecule has 0 radical (unpaired) electrons. The topological polar surface area (TPSA) is 76.7 Å². The summed E-state index contributed by atoms with van der Waals surface area (Å²) in [5.74, 6) is -0.374. The summed E-state index contributed by atoms with van der Waals surface area (Å²) in [5, 5.41) is 22.1. The third-order valence-electron chi connectivity index (χ3n) is 3.86. The van der Waals surface area contributed by atoms with Crippen molar-refractivity contribution in [3.63, 3.8) is 0 Å². The third kappa shape index (κ3) is 2.15. The average Bonchev–Trinajstić information content (AvgIpc) is 2.86. The lowest BCUT2D eigenvalue weighted by Gasteiger charge is -2.37. The van der Waals surface area contributed by atoms with Crippen LogP contribution in [-0.4, -0.2) is 11.7 Å². The minimum absolute atomic E-state index is 0.269. The zero-order valence-electron chi connectivity index (χ0n) is 10.6. The van der Waals surface area contributed by atoms with Crippen LogP contribution in [0, 0.1) is 34.0 Å². The largest absolute Gasteiger partial charge is 0.319 e. The molecule has 19 heavy (non-hydrogen) atoms. The summed E-state index contributed by atoms with van der Waals surface area (Å²) in [5.41, 5.74) is 0.0259. The van der Waals surface area contributed by atoms with Gasteiger partial charge in [-0.2, -0.15) is 10.5 Å². The maximum Gasteiger partial charge on any atom is 0.243 e. The predicted molar refractivity (Wildman–Crippen MR) is 73.4 cm³/mol. The molecule has 0 aromatic carbocycles. The van der Waals surface area contributed by atoms with Crippen LogP contribution in [0.25, 0.3) is 0 Å². The number of hydrogen-bond donors (Lipinski definition) is 1. The fourth-order valence-electron chi connectivity index (χ4n) is 3.01. The maximum absolute atomic E-state index is 12.1. The van der Waals surface area contributed by atoms with Crippen LogP contribution in [0.2, 0.25) is 0 Å². The molecule has 98 valence electrons. The highest BCUT2D eigenvalue weighted by molar-refractivity contribution is 8.03. The lowest BCUT2D eigenvalue weighted by atomic mass is 9.67. The van der Waals surface area contributed by atoms with Gasteiger partial charge in [-0.1, -0.05) is 18.9 Å². The van der Waals surface area contributed by atoms with Crippen LogP contribution in [0.15, 0.2) is 23.3 Å². The van der Waals surface area contributed by atoms with Crippen molar-refractivity contribution in [1.29, 1.82) is 10.5 Å². The first kappa shape index (κ1) is 13.7. The Bertz CT molecular complexity index is 518. The quantitative estimate of drug-likeness (QED) is 0.801. The lowest BCUT2D eigenvalue weighted by molar-refractivity contribution is -0.126. The van der Waals surface area contributed by atoms with Gasteiger partial charge in [0, 0.05) is 11.2 Å². The Balaban J connectivity index is 2.50. The van der Waals surface area contributed by atoms with E-state index in [0.29, 0.717) is 16.4 Å². The Morgan fingerprint density at radius 2 is 2.16 bits per heavy atom. The molecule has 0 aromatic rings. The molecular formula is C14H15N3OS. The minimum Gasteiger partial charge on any atom is -0.319 e. The molecule has 1 aliphatic carbocycles. The number of carbonyl (C=O) groups is 1. The van der Waals surface area contributed by atoms with Crippen molar-refractivity contribution in [2.75, 3.05) is 5.75 Å². The predicted octanol–water partition coefficient (Wildman–Crippen LogP) is 2.47. The fourth-order valence-corrected chi connectivity index (χ4v) is 3.86. The van der Waals surface area contributed by atoms with Crippen molar-refractivity contribution in [2.45, 2.75) is 25.7 Å². The van der Waals surface area contributed by atoms with Crippen molar-refractivity contribution < 1.29 is 4.79 Å². The van der Waals surface area contributed by atoms with Crippen molar-refractivity contribution in [3.05, 3.63) is 23.3 Å². The van der Waals surface area contributed by atoms with E-state index in [2.05, 4.69) is 24.0 Å². The number of rotatable bonds is 3. The Hall–Kier alpha value is -1.72. The highest BCUT2D eigenvalue weighted by atomic mass is 32.2. The molecule has 1 atom stereocenters. The summed E-state index contributed by atoms with van der Waals surface area (Å²) < 4.78 is 0. The second-order valence-corrected chi connectivity index (χ2v) is 5.86. The van der Waals surface area contributed by atoms with E-state index in [9.17, 15) is 15.3 Å². The Morgan fingerprint density at radius 3 is 2.68 bits per heavy atom. The first-order valence-electron chi connectivity index (χ1n) is 6.28. The molecule has 4 nitrogen and oxygen atoms in total. The highest BCUT2D eigenvalue weighted by Gasteiger charge is 2.52. The molecule has 5 heteroatoms. The van der Waals surface area contributed by atoms with Crippen LogP contribution < -0.4 is 5.32 Å². The van der Waals surface area contributed by atoms with Gasteiger partial charge in [0.25, 0.3) is 0 Å². The summed E-state index contributed by atoms with van der Waals surface area (Å²) in [4.78, 5) is 12.1. The molecule has 0 saturated heterocycles. The molecular weight excluding hydrogens is 258 g/mol. The number of allylic oxidation sites excluding steroid dienone is 1. The Labute approximate surface area is 117 Å². The van der Waals surface area contributed by atoms with Crippen molar-refractivity contribution in [2.24, 2.45) is 11.3 Å². The molecule has 0 unspecified atom stereocenters. The second kappa shape index (κ2) is 5.50. The molecule has 0 aromatic heterocycles.